The summed E-state index contributed by atoms with van der Waals surface area (Å²) in [5, 5.41) is 3.00. The second-order valence-corrected chi connectivity index (χ2v) is 5.54. The van der Waals surface area contributed by atoms with E-state index in [-0.39, 0.29) is 11.9 Å². The summed E-state index contributed by atoms with van der Waals surface area (Å²) in [6.45, 7) is 1.12. The van der Waals surface area contributed by atoms with Crippen molar-refractivity contribution >= 4 is 5.91 Å². The largest absolute Gasteiger partial charge is 0.380 e. The molecule has 4 heteroatoms. The van der Waals surface area contributed by atoms with Gasteiger partial charge in [-0.25, -0.2) is 0 Å². The summed E-state index contributed by atoms with van der Waals surface area (Å²) >= 11 is 0. The van der Waals surface area contributed by atoms with Gasteiger partial charge in [-0.2, -0.15) is 0 Å². The van der Waals surface area contributed by atoms with Crippen molar-refractivity contribution in [3.63, 3.8) is 0 Å². The Morgan fingerprint density at radius 2 is 2.10 bits per heavy atom. The summed E-state index contributed by atoms with van der Waals surface area (Å²) in [5.74, 6) is 0.448. The Morgan fingerprint density at radius 3 is 2.75 bits per heavy atom. The number of nitrogens with two attached hydrogens (primary N) is 1. The van der Waals surface area contributed by atoms with E-state index in [1.807, 2.05) is 24.3 Å². The van der Waals surface area contributed by atoms with E-state index in [0.29, 0.717) is 25.5 Å². The molecule has 1 fully saturated rings. The molecule has 1 aromatic carbocycles. The summed E-state index contributed by atoms with van der Waals surface area (Å²) in [4.78, 5) is 12.0. The van der Waals surface area contributed by atoms with Gasteiger partial charge in [0, 0.05) is 26.1 Å². The SMILES string of the molecule is COCc1ccccc1CNC(=O)C[C@@H]1CCC[C@H]1N. The van der Waals surface area contributed by atoms with E-state index < -0.39 is 0 Å². The molecule has 0 bridgehead atoms. The van der Waals surface area contributed by atoms with Crippen molar-refractivity contribution in [3.05, 3.63) is 35.4 Å². The van der Waals surface area contributed by atoms with Gasteiger partial charge >= 0.3 is 0 Å². The molecule has 0 spiro atoms. The number of hydrogen-bond donors (Lipinski definition) is 2. The van der Waals surface area contributed by atoms with Gasteiger partial charge < -0.3 is 15.8 Å². The Balaban J connectivity index is 1.84. The zero-order valence-corrected chi connectivity index (χ0v) is 12.1. The minimum Gasteiger partial charge on any atom is -0.380 e. The lowest BCUT2D eigenvalue weighted by Crippen LogP contribution is -2.31. The van der Waals surface area contributed by atoms with Crippen LogP contribution in [0.1, 0.15) is 36.8 Å². The van der Waals surface area contributed by atoms with Gasteiger partial charge in [0.1, 0.15) is 0 Å². The third-order valence-electron chi connectivity index (χ3n) is 4.06. The van der Waals surface area contributed by atoms with Crippen LogP contribution in [0.4, 0.5) is 0 Å². The van der Waals surface area contributed by atoms with E-state index in [1.54, 1.807) is 7.11 Å². The molecule has 2 atom stereocenters. The first-order valence-electron chi connectivity index (χ1n) is 7.28. The van der Waals surface area contributed by atoms with Crippen LogP contribution in [0.5, 0.6) is 0 Å². The number of nitrogens with one attached hydrogen (secondary N) is 1. The smallest absolute Gasteiger partial charge is 0.220 e. The second kappa shape index (κ2) is 7.41. The highest BCUT2D eigenvalue weighted by molar-refractivity contribution is 5.76. The van der Waals surface area contributed by atoms with Crippen molar-refractivity contribution in [2.24, 2.45) is 11.7 Å². The summed E-state index contributed by atoms with van der Waals surface area (Å²) in [7, 11) is 1.68. The molecule has 0 aliphatic heterocycles. The fourth-order valence-electron chi connectivity index (χ4n) is 2.85. The molecule has 0 saturated heterocycles. The lowest BCUT2D eigenvalue weighted by molar-refractivity contribution is -0.122. The highest BCUT2D eigenvalue weighted by Crippen LogP contribution is 2.26. The Kier molecular flexibility index (Phi) is 5.56. The molecule has 0 heterocycles. The van der Waals surface area contributed by atoms with Crippen LogP contribution in [0.2, 0.25) is 0 Å². The fourth-order valence-corrected chi connectivity index (χ4v) is 2.85. The molecule has 1 aliphatic rings. The average molecular weight is 276 g/mol. The number of amides is 1. The minimum atomic E-state index is 0.0968. The third kappa shape index (κ3) is 4.05. The molecule has 0 radical (unpaired) electrons. The molecule has 0 aromatic heterocycles. The van der Waals surface area contributed by atoms with E-state index in [9.17, 15) is 4.79 Å². The van der Waals surface area contributed by atoms with Crippen molar-refractivity contribution in [2.75, 3.05) is 7.11 Å². The maximum Gasteiger partial charge on any atom is 0.220 e. The molecule has 110 valence electrons. The molecule has 3 N–H and O–H groups in total. The van der Waals surface area contributed by atoms with Crippen LogP contribution >= 0.6 is 0 Å². The van der Waals surface area contributed by atoms with Crippen molar-refractivity contribution in [1.29, 1.82) is 0 Å². The van der Waals surface area contributed by atoms with Crippen molar-refractivity contribution in [2.45, 2.75) is 44.9 Å². The Morgan fingerprint density at radius 1 is 1.35 bits per heavy atom. The van der Waals surface area contributed by atoms with Gasteiger partial charge in [-0.15, -0.1) is 0 Å². The van der Waals surface area contributed by atoms with E-state index in [2.05, 4.69) is 5.32 Å². The van der Waals surface area contributed by atoms with Crippen LogP contribution in [-0.2, 0) is 22.7 Å². The first-order valence-corrected chi connectivity index (χ1v) is 7.28. The monoisotopic (exact) mass is 276 g/mol. The summed E-state index contributed by atoms with van der Waals surface area (Å²) < 4.78 is 5.17. The highest BCUT2D eigenvalue weighted by Gasteiger charge is 2.25. The summed E-state index contributed by atoms with van der Waals surface area (Å²) in [6.07, 6.45) is 3.83. The predicted octanol–water partition coefficient (Wildman–Crippen LogP) is 1.97. The molecular weight excluding hydrogens is 252 g/mol. The van der Waals surface area contributed by atoms with E-state index in [1.165, 1.54) is 0 Å². The highest BCUT2D eigenvalue weighted by atomic mass is 16.5. The van der Waals surface area contributed by atoms with Crippen LogP contribution in [0.3, 0.4) is 0 Å². The lowest BCUT2D eigenvalue weighted by Gasteiger charge is -2.15. The van der Waals surface area contributed by atoms with Crippen LogP contribution in [-0.4, -0.2) is 19.1 Å². The van der Waals surface area contributed by atoms with Crippen LogP contribution in [0, 0.1) is 5.92 Å². The molecule has 0 unspecified atom stereocenters. The van der Waals surface area contributed by atoms with Crippen molar-refractivity contribution < 1.29 is 9.53 Å². The topological polar surface area (TPSA) is 64.3 Å². The van der Waals surface area contributed by atoms with Gasteiger partial charge in [0.25, 0.3) is 0 Å². The average Bonchev–Trinajstić information content (AvgIpc) is 2.84. The van der Waals surface area contributed by atoms with Crippen LogP contribution < -0.4 is 11.1 Å². The van der Waals surface area contributed by atoms with E-state index in [0.717, 1.165) is 30.4 Å². The number of carbonyl (C=O) groups excluding carboxylic acids is 1. The quantitative estimate of drug-likeness (QED) is 0.835. The van der Waals surface area contributed by atoms with Crippen LogP contribution in [0.15, 0.2) is 24.3 Å². The van der Waals surface area contributed by atoms with Gasteiger partial charge in [-0.1, -0.05) is 30.7 Å². The lowest BCUT2D eigenvalue weighted by atomic mass is 10.00. The standard InChI is InChI=1S/C16H24N2O2/c1-20-11-14-6-3-2-5-13(14)10-18-16(19)9-12-7-4-8-15(12)17/h2-3,5-6,12,15H,4,7-11,17H2,1H3,(H,18,19)/t12-,15+/m0/s1. The molecule has 4 nitrogen and oxygen atoms in total. The van der Waals surface area contributed by atoms with Crippen LogP contribution in [0.25, 0.3) is 0 Å². The number of benzene rings is 1. The minimum absolute atomic E-state index is 0.0968. The van der Waals surface area contributed by atoms with E-state index in [4.69, 9.17) is 10.5 Å². The number of ether oxygens (including phenoxy) is 1. The predicted molar refractivity (Wildman–Crippen MR) is 78.9 cm³/mol. The zero-order chi connectivity index (χ0) is 14.4. The number of methoxy groups -OCH3 is 1. The number of hydrogen-bond acceptors (Lipinski definition) is 3. The van der Waals surface area contributed by atoms with Gasteiger partial charge in [0.15, 0.2) is 0 Å². The maximum atomic E-state index is 12.0. The Labute approximate surface area is 120 Å². The summed E-state index contributed by atoms with van der Waals surface area (Å²) in [6, 6.07) is 8.21. The molecule has 1 aromatic rings. The maximum absolute atomic E-state index is 12.0. The van der Waals surface area contributed by atoms with Crippen molar-refractivity contribution in [3.8, 4) is 0 Å². The van der Waals surface area contributed by atoms with Gasteiger partial charge in [-0.3, -0.25) is 4.79 Å². The molecule has 1 amide bonds. The molecule has 1 aliphatic carbocycles. The first-order chi connectivity index (χ1) is 9.70. The van der Waals surface area contributed by atoms with Gasteiger partial charge in [0.2, 0.25) is 5.91 Å². The number of carbonyl (C=O) groups is 1. The van der Waals surface area contributed by atoms with Crippen molar-refractivity contribution in [1.82, 2.24) is 5.32 Å². The normalized spacial score (nSPS) is 21.9. The zero-order valence-electron chi connectivity index (χ0n) is 12.1. The second-order valence-electron chi connectivity index (χ2n) is 5.54. The molecular formula is C16H24N2O2. The molecule has 2 rings (SSSR count). The molecule has 1 saturated carbocycles. The first kappa shape index (κ1) is 15.0. The Bertz CT molecular complexity index is 448. The summed E-state index contributed by atoms with van der Waals surface area (Å²) in [5.41, 5.74) is 8.23. The fraction of sp³-hybridized carbons (Fsp3) is 0.562. The number of rotatable bonds is 6. The van der Waals surface area contributed by atoms with Gasteiger partial charge in [0.05, 0.1) is 6.61 Å². The third-order valence-corrected chi connectivity index (χ3v) is 4.06. The Hall–Kier alpha value is -1.39. The van der Waals surface area contributed by atoms with Gasteiger partial charge in [-0.05, 0) is 29.9 Å². The van der Waals surface area contributed by atoms with E-state index >= 15 is 0 Å². The molecule has 20 heavy (non-hydrogen) atoms.